The van der Waals surface area contributed by atoms with Crippen LogP contribution >= 0.6 is 0 Å². The number of ether oxygens (including phenoxy) is 1. The maximum absolute atomic E-state index is 16.8. The number of fused-ring (bicyclic) bond motifs is 3. The third-order valence-corrected chi connectivity index (χ3v) is 10.0. The molecule has 0 bridgehead atoms. The number of hydrogen-bond donors (Lipinski definition) is 1. The molecule has 0 atom stereocenters. The monoisotopic (exact) mass is 608 g/mol. The molecule has 8 nitrogen and oxygen atoms in total. The second kappa shape index (κ2) is 10.9. The van der Waals surface area contributed by atoms with Gasteiger partial charge in [0, 0.05) is 43.2 Å². The van der Waals surface area contributed by atoms with Gasteiger partial charge in [-0.25, -0.2) is 8.78 Å². The number of phenols is 1. The fourth-order valence-corrected chi connectivity index (χ4v) is 7.71. The molecule has 5 aromatic rings. The first-order chi connectivity index (χ1) is 21.9. The molecule has 3 saturated heterocycles. The van der Waals surface area contributed by atoms with Gasteiger partial charge in [-0.2, -0.15) is 9.97 Å². The molecule has 0 radical (unpaired) electrons. The zero-order valence-electron chi connectivity index (χ0n) is 25.1. The van der Waals surface area contributed by atoms with Gasteiger partial charge in [-0.3, -0.25) is 14.9 Å². The Morgan fingerprint density at radius 1 is 1.02 bits per heavy atom. The summed E-state index contributed by atoms with van der Waals surface area (Å²) >= 11 is 0. The Morgan fingerprint density at radius 3 is 2.56 bits per heavy atom. The van der Waals surface area contributed by atoms with Gasteiger partial charge in [0.1, 0.15) is 35.2 Å². The molecule has 1 N–H and O–H groups in total. The Bertz CT molecular complexity index is 1920. The molecule has 6 heterocycles. The molecule has 3 aliphatic rings. The van der Waals surface area contributed by atoms with Gasteiger partial charge in [-0.15, -0.1) is 0 Å². The van der Waals surface area contributed by atoms with E-state index in [1.54, 1.807) is 30.7 Å². The van der Waals surface area contributed by atoms with Crippen LogP contribution in [-0.4, -0.2) is 68.3 Å². The predicted molar refractivity (Wildman–Crippen MR) is 169 cm³/mol. The summed E-state index contributed by atoms with van der Waals surface area (Å²) < 4.78 is 38.1. The Balaban J connectivity index is 1.24. The Kier molecular flexibility index (Phi) is 6.78. The minimum Gasteiger partial charge on any atom is -0.508 e. The van der Waals surface area contributed by atoms with E-state index in [9.17, 15) is 9.50 Å². The van der Waals surface area contributed by atoms with E-state index in [0.29, 0.717) is 65.1 Å². The summed E-state index contributed by atoms with van der Waals surface area (Å²) in [5.41, 5.74) is 2.01. The van der Waals surface area contributed by atoms with E-state index >= 15 is 4.39 Å². The Morgan fingerprint density at radius 2 is 1.80 bits per heavy atom. The SMILES string of the molecule is CCc1c(F)ccc2cc(O)cc(-c3ncc4c(N5CC(c6ccncc6)C5)nc(OCC56CCCN5CCC6)nc4c3F)c12. The van der Waals surface area contributed by atoms with Gasteiger partial charge < -0.3 is 14.7 Å². The van der Waals surface area contributed by atoms with E-state index in [1.165, 1.54) is 17.7 Å². The quantitative estimate of drug-likeness (QED) is 0.227. The predicted octanol–water partition coefficient (Wildman–Crippen LogP) is 6.40. The molecule has 0 aliphatic carbocycles. The van der Waals surface area contributed by atoms with Crippen LogP contribution in [0.5, 0.6) is 11.8 Å². The first-order valence-electron chi connectivity index (χ1n) is 15.8. The average Bonchev–Trinajstić information content (AvgIpc) is 3.61. The minimum atomic E-state index is -0.660. The van der Waals surface area contributed by atoms with Gasteiger partial charge in [0.15, 0.2) is 5.82 Å². The molecular formula is C35H34F2N6O2. The fourth-order valence-electron chi connectivity index (χ4n) is 7.71. The average molecular weight is 609 g/mol. The number of nitrogens with zero attached hydrogens (tertiary/aromatic N) is 6. The number of rotatable bonds is 7. The van der Waals surface area contributed by atoms with Crippen molar-refractivity contribution in [2.45, 2.75) is 50.5 Å². The third kappa shape index (κ3) is 4.65. The van der Waals surface area contributed by atoms with Crippen LogP contribution in [0.3, 0.4) is 0 Å². The van der Waals surface area contributed by atoms with Crippen molar-refractivity contribution in [2.24, 2.45) is 0 Å². The summed E-state index contributed by atoms with van der Waals surface area (Å²) in [5.74, 6) is -0.227. The molecule has 0 unspecified atom stereocenters. The molecule has 0 spiro atoms. The lowest BCUT2D eigenvalue weighted by Crippen LogP contribution is -2.46. The standard InChI is InChI=1S/C35H34F2N6O2/c1-2-25-28(36)6-5-22-15-24(44)16-26(29(22)25)31-30(37)32-27(17-39-31)33(42-18-23(19-42)21-7-11-38-12-8-21)41-34(40-32)45-20-35-9-3-13-43(35)14-4-10-35/h5-8,11-12,15-17,23,44H,2-4,9-10,13-14,18-20H2,1H3. The van der Waals surface area contributed by atoms with E-state index < -0.39 is 5.82 Å². The van der Waals surface area contributed by atoms with Crippen LogP contribution in [0.1, 0.15) is 49.7 Å². The zero-order chi connectivity index (χ0) is 30.7. The Labute approximate surface area is 259 Å². The van der Waals surface area contributed by atoms with Crippen molar-refractivity contribution in [3.63, 3.8) is 0 Å². The number of pyridine rings is 2. The fraction of sp³-hybridized carbons (Fsp3) is 0.371. The van der Waals surface area contributed by atoms with Gasteiger partial charge in [-0.1, -0.05) is 13.0 Å². The molecule has 2 aromatic carbocycles. The summed E-state index contributed by atoms with van der Waals surface area (Å²) in [6.45, 7) is 5.84. The summed E-state index contributed by atoms with van der Waals surface area (Å²) in [5, 5.41) is 12.2. The molecule has 45 heavy (non-hydrogen) atoms. The number of benzene rings is 2. The maximum atomic E-state index is 16.8. The van der Waals surface area contributed by atoms with E-state index in [4.69, 9.17) is 9.72 Å². The van der Waals surface area contributed by atoms with Gasteiger partial charge in [0.2, 0.25) is 0 Å². The van der Waals surface area contributed by atoms with Crippen molar-refractivity contribution >= 4 is 27.5 Å². The highest BCUT2D eigenvalue weighted by molar-refractivity contribution is 6.01. The molecule has 8 rings (SSSR count). The van der Waals surface area contributed by atoms with E-state index in [-0.39, 0.29) is 34.3 Å². The second-order valence-electron chi connectivity index (χ2n) is 12.6. The number of aromatic hydroxyl groups is 1. The molecule has 0 amide bonds. The van der Waals surface area contributed by atoms with Gasteiger partial charge >= 0.3 is 6.01 Å². The largest absolute Gasteiger partial charge is 0.508 e. The smallest absolute Gasteiger partial charge is 0.319 e. The highest BCUT2D eigenvalue weighted by Crippen LogP contribution is 2.42. The van der Waals surface area contributed by atoms with E-state index in [2.05, 4.69) is 24.8 Å². The van der Waals surface area contributed by atoms with E-state index in [0.717, 1.165) is 38.8 Å². The lowest BCUT2D eigenvalue weighted by Gasteiger charge is -2.41. The Hall–Kier alpha value is -4.44. The number of hydrogen-bond acceptors (Lipinski definition) is 8. The van der Waals surface area contributed by atoms with Crippen molar-refractivity contribution in [1.82, 2.24) is 24.8 Å². The van der Waals surface area contributed by atoms with Gasteiger partial charge in [0.05, 0.1) is 10.9 Å². The van der Waals surface area contributed by atoms with Crippen molar-refractivity contribution < 1.29 is 18.6 Å². The number of aryl methyl sites for hydroxylation is 1. The van der Waals surface area contributed by atoms with Crippen LogP contribution in [-0.2, 0) is 6.42 Å². The van der Waals surface area contributed by atoms with Crippen LogP contribution in [0.15, 0.2) is 55.0 Å². The topological polar surface area (TPSA) is 87.5 Å². The molecule has 3 aromatic heterocycles. The highest BCUT2D eigenvalue weighted by atomic mass is 19.1. The minimum absolute atomic E-state index is 0.00562. The molecule has 3 fully saturated rings. The zero-order valence-corrected chi connectivity index (χ0v) is 25.1. The normalized spacial score (nSPS) is 18.1. The van der Waals surface area contributed by atoms with Crippen molar-refractivity contribution in [3.05, 3.63) is 77.8 Å². The molecule has 230 valence electrons. The number of halogens is 2. The molecule has 0 saturated carbocycles. The van der Waals surface area contributed by atoms with Crippen LogP contribution in [0, 0.1) is 11.6 Å². The van der Waals surface area contributed by atoms with E-state index in [1.807, 2.05) is 19.1 Å². The number of phenolic OH excluding ortho intramolecular Hbond substituents is 1. The lowest BCUT2D eigenvalue weighted by atomic mass is 9.92. The first kappa shape index (κ1) is 28.1. The van der Waals surface area contributed by atoms with Crippen molar-refractivity contribution in [3.8, 4) is 23.0 Å². The lowest BCUT2D eigenvalue weighted by molar-refractivity contribution is 0.108. The molecule has 3 aliphatic heterocycles. The van der Waals surface area contributed by atoms with Crippen molar-refractivity contribution in [2.75, 3.05) is 37.7 Å². The molecule has 10 heteroatoms. The second-order valence-corrected chi connectivity index (χ2v) is 12.6. The van der Waals surface area contributed by atoms with Gasteiger partial charge in [-0.05, 0) is 97.4 Å². The maximum Gasteiger partial charge on any atom is 0.319 e. The number of aromatic nitrogens is 4. The van der Waals surface area contributed by atoms with Crippen LogP contribution in [0.2, 0.25) is 0 Å². The van der Waals surface area contributed by atoms with Gasteiger partial charge in [0.25, 0.3) is 0 Å². The highest BCUT2D eigenvalue weighted by Gasteiger charge is 2.45. The van der Waals surface area contributed by atoms with Crippen LogP contribution < -0.4 is 9.64 Å². The van der Waals surface area contributed by atoms with Crippen molar-refractivity contribution in [1.29, 1.82) is 0 Å². The first-order valence-corrected chi connectivity index (χ1v) is 15.8. The molecular weight excluding hydrogens is 574 g/mol. The summed E-state index contributed by atoms with van der Waals surface area (Å²) in [4.78, 5) is 22.8. The summed E-state index contributed by atoms with van der Waals surface area (Å²) in [7, 11) is 0. The van der Waals surface area contributed by atoms with Crippen LogP contribution in [0.4, 0.5) is 14.6 Å². The summed E-state index contributed by atoms with van der Waals surface area (Å²) in [6.07, 6.45) is 9.97. The summed E-state index contributed by atoms with van der Waals surface area (Å²) in [6, 6.07) is 10.1. The number of anilines is 1. The third-order valence-electron chi connectivity index (χ3n) is 10.0. The van der Waals surface area contributed by atoms with Crippen LogP contribution in [0.25, 0.3) is 32.9 Å².